The van der Waals surface area contributed by atoms with E-state index in [1.807, 2.05) is 13.1 Å². The minimum absolute atomic E-state index is 0.112. The number of rotatable bonds is 4. The fourth-order valence-corrected chi connectivity index (χ4v) is 1.96. The molecule has 6 heteroatoms. The Kier molecular flexibility index (Phi) is 4.11. The second kappa shape index (κ2) is 5.98. The second-order valence-corrected chi connectivity index (χ2v) is 4.57. The molecule has 1 aromatic heterocycles. The van der Waals surface area contributed by atoms with Crippen LogP contribution in [-0.2, 0) is 7.05 Å². The van der Waals surface area contributed by atoms with Crippen molar-refractivity contribution in [2.75, 3.05) is 0 Å². The topological polar surface area (TPSA) is 71.6 Å². The van der Waals surface area contributed by atoms with Crippen LogP contribution in [0, 0.1) is 11.3 Å². The van der Waals surface area contributed by atoms with Gasteiger partial charge in [-0.05, 0) is 35.7 Å². The Bertz CT molecular complexity index is 652. The third-order valence-corrected chi connectivity index (χ3v) is 3.21. The van der Waals surface area contributed by atoms with Crippen LogP contribution in [0.5, 0.6) is 0 Å². The molecule has 0 fully saturated rings. The summed E-state index contributed by atoms with van der Waals surface area (Å²) in [7, 11) is 1.83. The number of aryl methyl sites for hydroxylation is 1. The molecule has 1 heterocycles. The lowest BCUT2D eigenvalue weighted by atomic mass is 10.1. The van der Waals surface area contributed by atoms with Gasteiger partial charge >= 0.3 is 0 Å². The standard InChI is InChI=1S/C13H10N4OS/c1-17-9-15-16-13(17)19-7-6-12(18)11-4-2-10(8-14)3-5-11/h2-7,9H,1H3/b7-6+. The molecule has 0 saturated carbocycles. The maximum atomic E-state index is 11.8. The predicted molar refractivity (Wildman–Crippen MR) is 71.5 cm³/mol. The number of aromatic nitrogens is 3. The van der Waals surface area contributed by atoms with Crippen LogP contribution in [0.25, 0.3) is 0 Å². The lowest BCUT2D eigenvalue weighted by Gasteiger charge is -1.96. The van der Waals surface area contributed by atoms with E-state index < -0.39 is 0 Å². The Morgan fingerprint density at radius 1 is 1.42 bits per heavy atom. The van der Waals surface area contributed by atoms with Gasteiger partial charge in [0.25, 0.3) is 0 Å². The van der Waals surface area contributed by atoms with Gasteiger partial charge in [0.15, 0.2) is 10.9 Å². The predicted octanol–water partition coefficient (Wildman–Crippen LogP) is 2.18. The van der Waals surface area contributed by atoms with Gasteiger partial charge in [0.1, 0.15) is 6.33 Å². The van der Waals surface area contributed by atoms with E-state index in [1.165, 1.54) is 17.8 Å². The maximum absolute atomic E-state index is 11.8. The smallest absolute Gasteiger partial charge is 0.194 e. The van der Waals surface area contributed by atoms with Gasteiger partial charge in [0, 0.05) is 12.6 Å². The monoisotopic (exact) mass is 270 g/mol. The summed E-state index contributed by atoms with van der Waals surface area (Å²) in [6, 6.07) is 8.53. The van der Waals surface area contributed by atoms with Gasteiger partial charge in [-0.25, -0.2) is 0 Å². The molecule has 1 aromatic carbocycles. The molecular formula is C13H10N4OS. The zero-order chi connectivity index (χ0) is 13.7. The van der Waals surface area contributed by atoms with Crippen molar-refractivity contribution in [3.05, 3.63) is 53.2 Å². The number of carbonyl (C=O) groups excluding carboxylic acids is 1. The Hall–Kier alpha value is -2.39. The Balaban J connectivity index is 2.00. The molecule has 0 radical (unpaired) electrons. The van der Waals surface area contributed by atoms with Crippen LogP contribution in [0.3, 0.4) is 0 Å². The summed E-state index contributed by atoms with van der Waals surface area (Å²) < 4.78 is 1.77. The van der Waals surface area contributed by atoms with Crippen LogP contribution < -0.4 is 0 Å². The Morgan fingerprint density at radius 3 is 2.74 bits per heavy atom. The minimum atomic E-state index is -0.112. The van der Waals surface area contributed by atoms with Crippen LogP contribution in [-0.4, -0.2) is 20.5 Å². The van der Waals surface area contributed by atoms with Gasteiger partial charge in [-0.15, -0.1) is 10.2 Å². The third kappa shape index (κ3) is 3.30. The maximum Gasteiger partial charge on any atom is 0.194 e. The molecule has 19 heavy (non-hydrogen) atoms. The molecule has 0 amide bonds. The number of thioether (sulfide) groups is 1. The number of benzene rings is 1. The molecule has 0 aliphatic carbocycles. The van der Waals surface area contributed by atoms with E-state index >= 15 is 0 Å². The summed E-state index contributed by atoms with van der Waals surface area (Å²) in [5.41, 5.74) is 1.09. The number of ketones is 1. The van der Waals surface area contributed by atoms with Crippen LogP contribution in [0.15, 0.2) is 47.2 Å². The van der Waals surface area contributed by atoms with E-state index in [2.05, 4.69) is 10.2 Å². The first-order valence-electron chi connectivity index (χ1n) is 5.42. The molecule has 0 bridgehead atoms. The first-order chi connectivity index (χ1) is 9.20. The molecule has 0 aliphatic heterocycles. The van der Waals surface area contributed by atoms with Crippen molar-refractivity contribution >= 4 is 17.5 Å². The van der Waals surface area contributed by atoms with E-state index in [9.17, 15) is 4.79 Å². The molecule has 0 spiro atoms. The molecule has 0 unspecified atom stereocenters. The van der Waals surface area contributed by atoms with Crippen molar-refractivity contribution in [2.24, 2.45) is 7.05 Å². The highest BCUT2D eigenvalue weighted by Gasteiger charge is 2.02. The van der Waals surface area contributed by atoms with Crippen LogP contribution in [0.4, 0.5) is 0 Å². The highest BCUT2D eigenvalue weighted by atomic mass is 32.2. The summed E-state index contributed by atoms with van der Waals surface area (Å²) in [5, 5.41) is 18.7. The zero-order valence-electron chi connectivity index (χ0n) is 10.1. The van der Waals surface area contributed by atoms with Crippen LogP contribution >= 0.6 is 11.8 Å². The lowest BCUT2D eigenvalue weighted by Crippen LogP contribution is -1.93. The highest BCUT2D eigenvalue weighted by Crippen LogP contribution is 2.15. The Labute approximate surface area is 114 Å². The fraction of sp³-hybridized carbons (Fsp3) is 0.0769. The minimum Gasteiger partial charge on any atom is -0.312 e. The van der Waals surface area contributed by atoms with Gasteiger partial charge in [0.2, 0.25) is 0 Å². The van der Waals surface area contributed by atoms with E-state index in [-0.39, 0.29) is 5.78 Å². The summed E-state index contributed by atoms with van der Waals surface area (Å²) in [4.78, 5) is 11.8. The normalized spacial score (nSPS) is 10.5. The molecule has 2 rings (SSSR count). The fourth-order valence-electron chi connectivity index (χ4n) is 1.34. The third-order valence-electron chi connectivity index (χ3n) is 2.36. The largest absolute Gasteiger partial charge is 0.312 e. The van der Waals surface area contributed by atoms with Crippen LogP contribution in [0.2, 0.25) is 0 Å². The van der Waals surface area contributed by atoms with Gasteiger partial charge in [0.05, 0.1) is 11.6 Å². The average molecular weight is 270 g/mol. The van der Waals surface area contributed by atoms with Crippen molar-refractivity contribution in [1.29, 1.82) is 5.26 Å². The molecule has 2 aromatic rings. The second-order valence-electron chi connectivity index (χ2n) is 3.70. The molecule has 0 N–H and O–H groups in total. The van der Waals surface area contributed by atoms with E-state index in [1.54, 1.807) is 40.6 Å². The molecular weight excluding hydrogens is 260 g/mol. The first kappa shape index (κ1) is 13.1. The van der Waals surface area contributed by atoms with Crippen molar-refractivity contribution in [3.8, 4) is 6.07 Å². The molecule has 0 aliphatic rings. The van der Waals surface area contributed by atoms with Gasteiger partial charge < -0.3 is 4.57 Å². The lowest BCUT2D eigenvalue weighted by molar-refractivity contribution is 0.104. The number of allylic oxidation sites excluding steroid dienone is 1. The van der Waals surface area contributed by atoms with E-state index in [4.69, 9.17) is 5.26 Å². The van der Waals surface area contributed by atoms with Crippen molar-refractivity contribution < 1.29 is 4.79 Å². The zero-order valence-corrected chi connectivity index (χ0v) is 11.0. The molecule has 0 saturated heterocycles. The summed E-state index contributed by atoms with van der Waals surface area (Å²) >= 11 is 1.32. The highest BCUT2D eigenvalue weighted by molar-refractivity contribution is 8.02. The SMILES string of the molecule is Cn1cnnc1S/C=C/C(=O)c1ccc(C#N)cc1. The number of hydrogen-bond acceptors (Lipinski definition) is 5. The Morgan fingerprint density at radius 2 is 2.16 bits per heavy atom. The number of nitriles is 1. The van der Waals surface area contributed by atoms with E-state index in [0.29, 0.717) is 16.3 Å². The van der Waals surface area contributed by atoms with Gasteiger partial charge in [-0.3, -0.25) is 4.79 Å². The van der Waals surface area contributed by atoms with E-state index in [0.717, 1.165) is 0 Å². The molecule has 5 nitrogen and oxygen atoms in total. The number of hydrogen-bond donors (Lipinski definition) is 0. The van der Waals surface area contributed by atoms with Gasteiger partial charge in [-0.2, -0.15) is 5.26 Å². The average Bonchev–Trinajstić information content (AvgIpc) is 2.84. The number of carbonyl (C=O) groups is 1. The summed E-state index contributed by atoms with van der Waals surface area (Å²) in [5.74, 6) is -0.112. The summed E-state index contributed by atoms with van der Waals surface area (Å²) in [6.45, 7) is 0. The molecule has 94 valence electrons. The van der Waals surface area contributed by atoms with Crippen molar-refractivity contribution in [2.45, 2.75) is 5.16 Å². The first-order valence-corrected chi connectivity index (χ1v) is 6.30. The number of nitrogens with zero attached hydrogens (tertiary/aromatic N) is 4. The van der Waals surface area contributed by atoms with Crippen molar-refractivity contribution in [3.63, 3.8) is 0 Å². The summed E-state index contributed by atoms with van der Waals surface area (Å²) in [6.07, 6.45) is 3.07. The molecule has 0 atom stereocenters. The van der Waals surface area contributed by atoms with Gasteiger partial charge in [-0.1, -0.05) is 11.8 Å². The quantitative estimate of drug-likeness (QED) is 0.483. The van der Waals surface area contributed by atoms with Crippen molar-refractivity contribution in [1.82, 2.24) is 14.8 Å². The van der Waals surface area contributed by atoms with Crippen LogP contribution in [0.1, 0.15) is 15.9 Å².